The number of carboxylic acids is 1. The normalized spacial score (nSPS) is 18.7. The van der Waals surface area contributed by atoms with Crippen molar-refractivity contribution in [2.45, 2.75) is 50.8 Å². The van der Waals surface area contributed by atoms with Crippen molar-refractivity contribution in [2.75, 3.05) is 7.11 Å². The molecule has 1 aliphatic heterocycles. The molecule has 1 aromatic heterocycles. The van der Waals surface area contributed by atoms with E-state index in [1.807, 2.05) is 18.2 Å². The number of aryl methyl sites for hydroxylation is 1. The van der Waals surface area contributed by atoms with Crippen molar-refractivity contribution in [3.05, 3.63) is 76.9 Å². The van der Waals surface area contributed by atoms with Crippen LogP contribution in [0.15, 0.2) is 48.5 Å². The average Bonchev–Trinajstić information content (AvgIpc) is 3.73. The highest BCUT2D eigenvalue weighted by atomic mass is 19.4. The Morgan fingerprint density at radius 3 is 2.50 bits per heavy atom. The topological polar surface area (TPSA) is 68.7 Å². The third kappa shape index (κ3) is 5.06. The Bertz CT molecular complexity index is 1370. The van der Waals surface area contributed by atoms with Gasteiger partial charge in [0.2, 0.25) is 0 Å². The maximum atomic E-state index is 14.5. The first-order chi connectivity index (χ1) is 18.1. The predicted octanol–water partition coefficient (Wildman–Crippen LogP) is 7.20. The number of carboxylic acid groups (broad SMARTS) is 1. The number of aromatic nitrogens is 1. The van der Waals surface area contributed by atoms with E-state index in [2.05, 4.69) is 4.98 Å². The number of hydrogen-bond acceptors (Lipinski definition) is 4. The minimum atomic E-state index is -4.83. The highest BCUT2D eigenvalue weighted by molar-refractivity contribution is 5.71. The van der Waals surface area contributed by atoms with E-state index in [1.165, 1.54) is 31.4 Å². The van der Waals surface area contributed by atoms with Gasteiger partial charge in [-0.1, -0.05) is 25.1 Å². The van der Waals surface area contributed by atoms with Gasteiger partial charge >= 0.3 is 12.1 Å². The number of nitrogens with zero attached hydrogens (tertiary/aromatic N) is 1. The van der Waals surface area contributed by atoms with Gasteiger partial charge in [0.05, 0.1) is 18.7 Å². The maximum absolute atomic E-state index is 14.5. The Labute approximate surface area is 217 Å². The van der Waals surface area contributed by atoms with Crippen LogP contribution in [0.2, 0.25) is 0 Å². The Morgan fingerprint density at radius 2 is 1.84 bits per heavy atom. The molecule has 200 valence electrons. The second-order valence-electron chi connectivity index (χ2n) is 9.98. The SMILES string of the molecule is COc1ccc(F)c(-c2ccc(C3CCc4ccc(C(C5CC5)[C@H](C)C(=O)O)cc4O3)nc2C(F)(F)F)c1. The van der Waals surface area contributed by atoms with Crippen LogP contribution in [-0.2, 0) is 17.4 Å². The van der Waals surface area contributed by atoms with Crippen LogP contribution in [0.25, 0.3) is 11.1 Å². The quantitative estimate of drug-likeness (QED) is 0.328. The molecule has 2 aliphatic rings. The van der Waals surface area contributed by atoms with Gasteiger partial charge in [-0.25, -0.2) is 9.37 Å². The summed E-state index contributed by atoms with van der Waals surface area (Å²) in [5.41, 5.74) is 0.0238. The molecule has 0 amide bonds. The van der Waals surface area contributed by atoms with Crippen molar-refractivity contribution in [3.8, 4) is 22.6 Å². The third-order valence-corrected chi connectivity index (χ3v) is 7.46. The summed E-state index contributed by atoms with van der Waals surface area (Å²) in [4.78, 5) is 15.6. The van der Waals surface area contributed by atoms with Crippen LogP contribution in [-0.4, -0.2) is 23.2 Å². The average molecular weight is 530 g/mol. The third-order valence-electron chi connectivity index (χ3n) is 7.46. The Morgan fingerprint density at radius 1 is 1.08 bits per heavy atom. The molecule has 0 radical (unpaired) electrons. The van der Waals surface area contributed by atoms with Crippen molar-refractivity contribution in [2.24, 2.45) is 11.8 Å². The van der Waals surface area contributed by atoms with E-state index >= 15 is 0 Å². The van der Waals surface area contributed by atoms with Gasteiger partial charge in [-0.2, -0.15) is 13.2 Å². The van der Waals surface area contributed by atoms with Crippen LogP contribution in [0.5, 0.6) is 11.5 Å². The molecule has 0 spiro atoms. The fourth-order valence-electron chi connectivity index (χ4n) is 5.30. The number of halogens is 4. The number of hydrogen-bond donors (Lipinski definition) is 1. The lowest BCUT2D eigenvalue weighted by atomic mass is 9.82. The second kappa shape index (κ2) is 9.93. The number of ether oxygens (including phenoxy) is 2. The molecule has 0 bridgehead atoms. The van der Waals surface area contributed by atoms with Crippen molar-refractivity contribution < 1.29 is 36.9 Å². The second-order valence-corrected chi connectivity index (χ2v) is 9.98. The number of benzene rings is 2. The molecule has 1 saturated carbocycles. The lowest BCUT2D eigenvalue weighted by Gasteiger charge is -2.29. The summed E-state index contributed by atoms with van der Waals surface area (Å²) in [6.45, 7) is 1.70. The van der Waals surface area contributed by atoms with Crippen molar-refractivity contribution in [1.29, 1.82) is 0 Å². The number of pyridine rings is 1. The lowest BCUT2D eigenvalue weighted by molar-refractivity contribution is -0.142. The van der Waals surface area contributed by atoms with Crippen molar-refractivity contribution in [1.82, 2.24) is 4.98 Å². The first-order valence-corrected chi connectivity index (χ1v) is 12.5. The summed E-state index contributed by atoms with van der Waals surface area (Å²) in [5.74, 6) is -1.37. The summed E-state index contributed by atoms with van der Waals surface area (Å²) in [7, 11) is 1.35. The van der Waals surface area contributed by atoms with E-state index in [0.29, 0.717) is 24.5 Å². The molecule has 3 atom stereocenters. The monoisotopic (exact) mass is 529 g/mol. The summed E-state index contributed by atoms with van der Waals surface area (Å²) in [5, 5.41) is 9.60. The van der Waals surface area contributed by atoms with E-state index in [-0.39, 0.29) is 28.5 Å². The Balaban J connectivity index is 1.48. The van der Waals surface area contributed by atoms with Crippen LogP contribution in [0.4, 0.5) is 17.6 Å². The van der Waals surface area contributed by atoms with E-state index < -0.39 is 35.7 Å². The van der Waals surface area contributed by atoms with Gasteiger partial charge in [-0.05, 0) is 79.0 Å². The van der Waals surface area contributed by atoms with Crippen LogP contribution in [0.3, 0.4) is 0 Å². The first kappa shape index (κ1) is 26.0. The van der Waals surface area contributed by atoms with E-state index in [9.17, 15) is 27.5 Å². The zero-order valence-electron chi connectivity index (χ0n) is 20.9. The predicted molar refractivity (Wildman–Crippen MR) is 132 cm³/mol. The molecule has 0 saturated heterocycles. The fraction of sp³-hybridized carbons (Fsp3) is 0.379. The standard InChI is InChI=1S/C29H27F4NO4/c1-15(28(35)36)26(17-4-5-17)18-6-3-16-7-12-24(38-25(16)13-18)23-11-9-20(27(34-23)29(31,32)33)21-14-19(37-2)8-10-22(21)30/h3,6,8-11,13-15,17,24,26H,4-5,7,12H2,1-2H3,(H,35,36)/t15-,24?,26?/m0/s1. The van der Waals surface area contributed by atoms with Gasteiger partial charge in [0.25, 0.3) is 0 Å². The number of carbonyl (C=O) groups is 1. The van der Waals surface area contributed by atoms with Crippen LogP contribution in [0, 0.1) is 17.7 Å². The van der Waals surface area contributed by atoms with Gasteiger partial charge in [0, 0.05) is 11.1 Å². The lowest BCUT2D eigenvalue weighted by Crippen LogP contribution is -2.22. The maximum Gasteiger partial charge on any atom is 0.433 e. The smallest absolute Gasteiger partial charge is 0.433 e. The number of alkyl halides is 3. The van der Waals surface area contributed by atoms with Gasteiger partial charge in [-0.15, -0.1) is 0 Å². The molecule has 38 heavy (non-hydrogen) atoms. The molecule has 1 N–H and O–H groups in total. The van der Waals surface area contributed by atoms with Crippen LogP contribution >= 0.6 is 0 Å². The molecular formula is C29H27F4NO4. The molecule has 1 aliphatic carbocycles. The molecular weight excluding hydrogens is 502 g/mol. The molecule has 2 heterocycles. The fourth-order valence-corrected chi connectivity index (χ4v) is 5.30. The van der Waals surface area contributed by atoms with Crippen molar-refractivity contribution >= 4 is 5.97 Å². The molecule has 3 aromatic rings. The summed E-state index contributed by atoms with van der Waals surface area (Å²) in [6.07, 6.45) is -2.65. The molecule has 1 fully saturated rings. The molecule has 2 unspecified atom stereocenters. The number of methoxy groups -OCH3 is 1. The summed E-state index contributed by atoms with van der Waals surface area (Å²) < 4.78 is 68.0. The zero-order chi connectivity index (χ0) is 27.2. The number of aliphatic carboxylic acids is 1. The zero-order valence-corrected chi connectivity index (χ0v) is 20.9. The van der Waals surface area contributed by atoms with E-state index in [1.54, 1.807) is 6.92 Å². The molecule has 5 nitrogen and oxygen atoms in total. The highest BCUT2D eigenvalue weighted by Gasteiger charge is 2.40. The largest absolute Gasteiger partial charge is 0.497 e. The van der Waals surface area contributed by atoms with Gasteiger partial charge in [0.1, 0.15) is 23.4 Å². The minimum absolute atomic E-state index is 0.0954. The molecule has 5 rings (SSSR count). The minimum Gasteiger partial charge on any atom is -0.497 e. The summed E-state index contributed by atoms with van der Waals surface area (Å²) >= 11 is 0. The molecule has 9 heteroatoms. The Hall–Kier alpha value is -3.62. The van der Waals surface area contributed by atoms with Gasteiger partial charge in [0.15, 0.2) is 5.69 Å². The first-order valence-electron chi connectivity index (χ1n) is 12.5. The van der Waals surface area contributed by atoms with Gasteiger partial charge in [-0.3, -0.25) is 4.79 Å². The summed E-state index contributed by atoms with van der Waals surface area (Å²) in [6, 6.07) is 11.9. The van der Waals surface area contributed by atoms with Gasteiger partial charge < -0.3 is 14.6 Å². The van der Waals surface area contributed by atoms with Crippen LogP contribution in [0.1, 0.15) is 60.7 Å². The Kier molecular flexibility index (Phi) is 6.79. The van der Waals surface area contributed by atoms with E-state index in [4.69, 9.17) is 9.47 Å². The molecule has 2 aromatic carbocycles. The van der Waals surface area contributed by atoms with Crippen molar-refractivity contribution in [3.63, 3.8) is 0 Å². The van der Waals surface area contributed by atoms with E-state index in [0.717, 1.165) is 30.0 Å². The number of fused-ring (bicyclic) bond motifs is 1. The number of rotatable bonds is 7. The van der Waals surface area contributed by atoms with Crippen LogP contribution < -0.4 is 9.47 Å². The highest BCUT2D eigenvalue weighted by Crippen LogP contribution is 2.48.